The molecule has 0 fully saturated rings. The van der Waals surface area contributed by atoms with Crippen LogP contribution in [-0.4, -0.2) is 10.1 Å². The van der Waals surface area contributed by atoms with Gasteiger partial charge in [-0.25, -0.2) is 0 Å². The van der Waals surface area contributed by atoms with Gasteiger partial charge in [0.15, 0.2) is 0 Å². The van der Waals surface area contributed by atoms with Crippen molar-refractivity contribution in [2.75, 3.05) is 0 Å². The van der Waals surface area contributed by atoms with Crippen LogP contribution in [0, 0.1) is 0 Å². The van der Waals surface area contributed by atoms with E-state index in [1.807, 2.05) is 18.2 Å². The molecule has 0 aliphatic heterocycles. The number of nitrogens with zero attached hydrogens (tertiary/aromatic N) is 2. The number of rotatable bonds is 1. The van der Waals surface area contributed by atoms with Crippen LogP contribution in [-0.2, 0) is 0 Å². The largest absolute Gasteiger partial charge is 0.342 e. The highest BCUT2D eigenvalue weighted by Crippen LogP contribution is 2.32. The van der Waals surface area contributed by atoms with Crippen molar-refractivity contribution in [2.24, 2.45) is 0 Å². The molecule has 0 atom stereocenters. The molecule has 1 aromatic carbocycles. The van der Waals surface area contributed by atoms with Crippen LogP contribution < -0.4 is 0 Å². The molecular formula is C8H4Br2N2O. The summed E-state index contributed by atoms with van der Waals surface area (Å²) in [6.07, 6.45) is 1.31. The number of benzene rings is 1. The maximum absolute atomic E-state index is 4.68. The van der Waals surface area contributed by atoms with Crippen molar-refractivity contribution < 1.29 is 4.52 Å². The quantitative estimate of drug-likeness (QED) is 0.811. The zero-order chi connectivity index (χ0) is 9.26. The Bertz CT molecular complexity index is 394. The summed E-state index contributed by atoms with van der Waals surface area (Å²) in [4.78, 5) is 3.97. The van der Waals surface area contributed by atoms with Gasteiger partial charge in [0.25, 0.3) is 0 Å². The summed E-state index contributed by atoms with van der Waals surface area (Å²) in [6.45, 7) is 0. The van der Waals surface area contributed by atoms with E-state index in [-0.39, 0.29) is 0 Å². The van der Waals surface area contributed by atoms with Gasteiger partial charge < -0.3 is 4.52 Å². The van der Waals surface area contributed by atoms with Gasteiger partial charge in [-0.2, -0.15) is 4.98 Å². The molecule has 0 saturated carbocycles. The van der Waals surface area contributed by atoms with E-state index in [1.54, 1.807) is 0 Å². The third-order valence-corrected chi connectivity index (χ3v) is 2.87. The smallest absolute Gasteiger partial charge is 0.214 e. The molecule has 0 unspecified atom stereocenters. The number of hydrogen-bond donors (Lipinski definition) is 0. The van der Waals surface area contributed by atoms with Crippen molar-refractivity contribution in [1.82, 2.24) is 10.1 Å². The molecule has 5 heteroatoms. The Morgan fingerprint density at radius 1 is 1.15 bits per heavy atom. The summed E-state index contributed by atoms with van der Waals surface area (Å²) in [6, 6.07) is 5.78. The summed E-state index contributed by atoms with van der Waals surface area (Å²) in [5.74, 6) is 0.569. The number of halogens is 2. The Kier molecular flexibility index (Phi) is 2.46. The van der Waals surface area contributed by atoms with Crippen molar-refractivity contribution in [1.29, 1.82) is 0 Å². The molecule has 13 heavy (non-hydrogen) atoms. The summed E-state index contributed by atoms with van der Waals surface area (Å²) in [7, 11) is 0. The second kappa shape index (κ2) is 3.59. The van der Waals surface area contributed by atoms with E-state index < -0.39 is 0 Å². The molecule has 0 bridgehead atoms. The molecule has 0 saturated heterocycles. The standard InChI is InChI=1S/C8H4Br2N2O/c9-5-2-1-3-6(10)7(5)8-11-4-13-12-8/h1-4H. The van der Waals surface area contributed by atoms with E-state index in [4.69, 9.17) is 0 Å². The second-order valence-corrected chi connectivity index (χ2v) is 4.06. The Hall–Kier alpha value is -0.680. The zero-order valence-electron chi connectivity index (χ0n) is 6.37. The monoisotopic (exact) mass is 302 g/mol. The molecule has 1 heterocycles. The van der Waals surface area contributed by atoms with Gasteiger partial charge in [-0.3, -0.25) is 0 Å². The van der Waals surface area contributed by atoms with Gasteiger partial charge in [0, 0.05) is 8.95 Å². The molecule has 2 rings (SSSR count). The Labute approximate surface area is 91.4 Å². The second-order valence-electron chi connectivity index (χ2n) is 2.35. The third kappa shape index (κ3) is 1.66. The highest BCUT2D eigenvalue weighted by molar-refractivity contribution is 9.11. The van der Waals surface area contributed by atoms with Crippen LogP contribution in [0.2, 0.25) is 0 Å². The lowest BCUT2D eigenvalue weighted by Crippen LogP contribution is -1.83. The lowest BCUT2D eigenvalue weighted by Gasteiger charge is -2.00. The van der Waals surface area contributed by atoms with Gasteiger partial charge >= 0.3 is 0 Å². The highest BCUT2D eigenvalue weighted by Gasteiger charge is 2.10. The van der Waals surface area contributed by atoms with Crippen LogP contribution in [0.1, 0.15) is 0 Å². The van der Waals surface area contributed by atoms with Crippen LogP contribution in [0.15, 0.2) is 38.1 Å². The van der Waals surface area contributed by atoms with Gasteiger partial charge in [0.05, 0.1) is 5.56 Å². The fourth-order valence-corrected chi connectivity index (χ4v) is 2.35. The van der Waals surface area contributed by atoms with Crippen LogP contribution in [0.4, 0.5) is 0 Å². The molecule has 66 valence electrons. The van der Waals surface area contributed by atoms with E-state index >= 15 is 0 Å². The van der Waals surface area contributed by atoms with Crippen molar-refractivity contribution in [2.45, 2.75) is 0 Å². The number of aromatic nitrogens is 2. The first-order valence-corrected chi connectivity index (χ1v) is 5.08. The Morgan fingerprint density at radius 3 is 2.38 bits per heavy atom. The molecule has 3 nitrogen and oxygen atoms in total. The van der Waals surface area contributed by atoms with Gasteiger partial charge in [-0.05, 0) is 44.0 Å². The molecule has 0 spiro atoms. The topological polar surface area (TPSA) is 38.9 Å². The van der Waals surface area contributed by atoms with E-state index in [1.165, 1.54) is 6.39 Å². The zero-order valence-corrected chi connectivity index (χ0v) is 9.54. The number of hydrogen-bond acceptors (Lipinski definition) is 3. The lowest BCUT2D eigenvalue weighted by molar-refractivity contribution is 0.418. The average Bonchev–Trinajstić information content (AvgIpc) is 2.57. The predicted molar refractivity (Wildman–Crippen MR) is 55.1 cm³/mol. The van der Waals surface area contributed by atoms with Gasteiger partial charge in [0.1, 0.15) is 0 Å². The van der Waals surface area contributed by atoms with Gasteiger partial charge in [-0.15, -0.1) is 0 Å². The molecule has 0 aliphatic carbocycles. The first-order valence-electron chi connectivity index (χ1n) is 3.50. The normalized spacial score (nSPS) is 10.3. The minimum Gasteiger partial charge on any atom is -0.342 e. The maximum atomic E-state index is 4.68. The molecule has 0 aliphatic rings. The summed E-state index contributed by atoms with van der Waals surface area (Å²) >= 11 is 6.83. The molecular weight excluding hydrogens is 300 g/mol. The first kappa shape index (κ1) is 8.90. The van der Waals surface area contributed by atoms with E-state index in [2.05, 4.69) is 46.5 Å². The fraction of sp³-hybridized carbons (Fsp3) is 0. The predicted octanol–water partition coefficient (Wildman–Crippen LogP) is 3.26. The van der Waals surface area contributed by atoms with Crippen LogP contribution in [0.3, 0.4) is 0 Å². The van der Waals surface area contributed by atoms with Gasteiger partial charge in [-0.1, -0.05) is 11.2 Å². The van der Waals surface area contributed by atoms with Crippen molar-refractivity contribution in [3.8, 4) is 11.4 Å². The summed E-state index contributed by atoms with van der Waals surface area (Å²) in [5, 5.41) is 3.76. The van der Waals surface area contributed by atoms with Crippen molar-refractivity contribution in [3.63, 3.8) is 0 Å². The minimum absolute atomic E-state index is 0.569. The van der Waals surface area contributed by atoms with Gasteiger partial charge in [0.2, 0.25) is 12.2 Å². The molecule has 0 radical (unpaired) electrons. The fourth-order valence-electron chi connectivity index (χ4n) is 0.992. The highest BCUT2D eigenvalue weighted by atomic mass is 79.9. The Morgan fingerprint density at radius 2 is 1.85 bits per heavy atom. The van der Waals surface area contributed by atoms with E-state index in [0.717, 1.165) is 14.5 Å². The van der Waals surface area contributed by atoms with Crippen molar-refractivity contribution in [3.05, 3.63) is 33.5 Å². The van der Waals surface area contributed by atoms with Crippen molar-refractivity contribution >= 4 is 31.9 Å². The average molecular weight is 304 g/mol. The minimum atomic E-state index is 0.569. The van der Waals surface area contributed by atoms with E-state index in [0.29, 0.717) is 5.82 Å². The Balaban J connectivity index is 2.64. The van der Waals surface area contributed by atoms with Crippen LogP contribution in [0.5, 0.6) is 0 Å². The molecule has 2 aromatic rings. The maximum Gasteiger partial charge on any atom is 0.214 e. The third-order valence-electron chi connectivity index (χ3n) is 1.55. The van der Waals surface area contributed by atoms with Crippen LogP contribution >= 0.6 is 31.9 Å². The molecule has 0 amide bonds. The summed E-state index contributed by atoms with van der Waals surface area (Å²) in [5.41, 5.74) is 0.899. The van der Waals surface area contributed by atoms with E-state index in [9.17, 15) is 0 Å². The lowest BCUT2D eigenvalue weighted by atomic mass is 10.2. The van der Waals surface area contributed by atoms with Crippen LogP contribution in [0.25, 0.3) is 11.4 Å². The summed E-state index contributed by atoms with van der Waals surface area (Å²) < 4.78 is 6.54. The first-order chi connectivity index (χ1) is 6.29. The molecule has 1 aromatic heterocycles. The molecule has 0 N–H and O–H groups in total. The SMILES string of the molecule is Brc1cccc(Br)c1-c1ncon1.